The zero-order valence-electron chi connectivity index (χ0n) is 15.2. The molecule has 0 heterocycles. The van der Waals surface area contributed by atoms with E-state index in [1.165, 1.54) is 5.56 Å². The Morgan fingerprint density at radius 1 is 1.13 bits per heavy atom. The molecule has 0 saturated heterocycles. The molecular weight excluding hydrogens is 399 g/mol. The average molecular weight is 432 g/mol. The maximum absolute atomic E-state index is 4.70. The van der Waals surface area contributed by atoms with Gasteiger partial charge in [0.25, 0.3) is 0 Å². The van der Waals surface area contributed by atoms with Crippen molar-refractivity contribution in [3.63, 3.8) is 0 Å². The minimum atomic E-state index is 0. The van der Waals surface area contributed by atoms with Crippen molar-refractivity contribution in [3.05, 3.63) is 35.9 Å². The number of benzene rings is 1. The van der Waals surface area contributed by atoms with Gasteiger partial charge < -0.3 is 15.5 Å². The van der Waals surface area contributed by atoms with E-state index < -0.39 is 0 Å². The summed E-state index contributed by atoms with van der Waals surface area (Å²) >= 11 is 0. The Kier molecular flexibility index (Phi) is 11.3. The Hall–Kier alpha value is -0.820. The quantitative estimate of drug-likeness (QED) is 0.287. The van der Waals surface area contributed by atoms with Crippen LogP contribution < -0.4 is 10.6 Å². The fourth-order valence-corrected chi connectivity index (χ4v) is 1.90. The summed E-state index contributed by atoms with van der Waals surface area (Å²) in [7, 11) is 4.19. The molecule has 0 amide bonds. The molecule has 1 rings (SSSR count). The summed E-state index contributed by atoms with van der Waals surface area (Å²) in [6, 6.07) is 10.6. The second-order valence-corrected chi connectivity index (χ2v) is 6.42. The van der Waals surface area contributed by atoms with E-state index >= 15 is 0 Å². The highest BCUT2D eigenvalue weighted by Crippen LogP contribution is 2.09. The van der Waals surface area contributed by atoms with Gasteiger partial charge in [-0.3, -0.25) is 4.99 Å². The van der Waals surface area contributed by atoms with Gasteiger partial charge in [0.05, 0.1) is 6.54 Å². The number of nitrogens with zero attached hydrogens (tertiary/aromatic N) is 2. The Balaban J connectivity index is 0.00000484. The van der Waals surface area contributed by atoms with Crippen LogP contribution in [-0.4, -0.2) is 50.1 Å². The monoisotopic (exact) mass is 432 g/mol. The van der Waals surface area contributed by atoms with E-state index in [9.17, 15) is 0 Å². The van der Waals surface area contributed by atoms with Crippen LogP contribution in [0.4, 0.5) is 0 Å². The van der Waals surface area contributed by atoms with E-state index in [1.807, 2.05) is 0 Å². The second kappa shape index (κ2) is 11.7. The molecule has 0 spiro atoms. The molecule has 5 heteroatoms. The summed E-state index contributed by atoms with van der Waals surface area (Å²) < 4.78 is 0. The van der Waals surface area contributed by atoms with Gasteiger partial charge in [0.15, 0.2) is 5.96 Å². The lowest BCUT2D eigenvalue weighted by Crippen LogP contribution is -2.44. The van der Waals surface area contributed by atoms with Crippen molar-refractivity contribution in [3.8, 4) is 0 Å². The third-order valence-corrected chi connectivity index (χ3v) is 3.96. The lowest BCUT2D eigenvalue weighted by Gasteiger charge is -2.31. The highest BCUT2D eigenvalue weighted by molar-refractivity contribution is 14.0. The van der Waals surface area contributed by atoms with Crippen molar-refractivity contribution < 1.29 is 0 Å². The van der Waals surface area contributed by atoms with Gasteiger partial charge in [-0.05, 0) is 53.3 Å². The van der Waals surface area contributed by atoms with Crippen LogP contribution in [0.1, 0.15) is 32.8 Å². The van der Waals surface area contributed by atoms with E-state index in [0.717, 1.165) is 38.4 Å². The predicted octanol–water partition coefficient (Wildman–Crippen LogP) is 3.13. The lowest BCUT2D eigenvalue weighted by atomic mass is 10.1. The molecule has 0 aliphatic rings. The summed E-state index contributed by atoms with van der Waals surface area (Å²) in [6.45, 7) is 9.09. The van der Waals surface area contributed by atoms with E-state index in [0.29, 0.717) is 0 Å². The van der Waals surface area contributed by atoms with Crippen LogP contribution in [0.15, 0.2) is 35.3 Å². The number of guanidine groups is 1. The standard InChI is InChI=1S/C18H32N4.HI/c1-6-19-17(21-15-18(2,3)22(4)5)20-14-10-13-16-11-8-7-9-12-16;/h7-9,11-12H,6,10,13-15H2,1-5H3,(H2,19,20,21);1H. The lowest BCUT2D eigenvalue weighted by molar-refractivity contribution is 0.204. The molecule has 132 valence electrons. The average Bonchev–Trinajstić information content (AvgIpc) is 2.50. The molecule has 1 aromatic carbocycles. The second-order valence-electron chi connectivity index (χ2n) is 6.42. The van der Waals surface area contributed by atoms with Gasteiger partial charge in [-0.15, -0.1) is 24.0 Å². The molecule has 1 aromatic rings. The normalized spacial score (nSPS) is 12.0. The molecule has 0 fully saturated rings. The Labute approximate surface area is 159 Å². The van der Waals surface area contributed by atoms with E-state index in [4.69, 9.17) is 4.99 Å². The van der Waals surface area contributed by atoms with Gasteiger partial charge >= 0.3 is 0 Å². The van der Waals surface area contributed by atoms with E-state index in [2.05, 4.69) is 80.7 Å². The molecule has 0 atom stereocenters. The molecule has 0 bridgehead atoms. The fourth-order valence-electron chi connectivity index (χ4n) is 1.90. The number of halogens is 1. The van der Waals surface area contributed by atoms with Crippen LogP contribution in [-0.2, 0) is 6.42 Å². The maximum atomic E-state index is 4.70. The number of hydrogen-bond acceptors (Lipinski definition) is 2. The SMILES string of the molecule is CCNC(=NCC(C)(C)N(C)C)NCCCc1ccccc1.I. The first kappa shape index (κ1) is 22.2. The zero-order valence-corrected chi connectivity index (χ0v) is 17.6. The highest BCUT2D eigenvalue weighted by Gasteiger charge is 2.19. The summed E-state index contributed by atoms with van der Waals surface area (Å²) in [5.41, 5.74) is 1.45. The molecule has 0 unspecified atom stereocenters. The summed E-state index contributed by atoms with van der Waals surface area (Å²) in [5.74, 6) is 0.908. The van der Waals surface area contributed by atoms with Crippen molar-refractivity contribution in [1.82, 2.24) is 15.5 Å². The summed E-state index contributed by atoms with van der Waals surface area (Å²) in [5, 5.41) is 6.74. The van der Waals surface area contributed by atoms with Crippen molar-refractivity contribution in [2.75, 3.05) is 33.7 Å². The molecular formula is C18H33IN4. The Morgan fingerprint density at radius 2 is 1.78 bits per heavy atom. The predicted molar refractivity (Wildman–Crippen MR) is 112 cm³/mol. The minimum absolute atomic E-state index is 0. The summed E-state index contributed by atoms with van der Waals surface area (Å²) in [4.78, 5) is 6.91. The number of hydrogen-bond donors (Lipinski definition) is 2. The Bertz CT molecular complexity index is 444. The molecule has 0 aliphatic heterocycles. The molecule has 23 heavy (non-hydrogen) atoms. The number of aryl methyl sites for hydroxylation is 1. The third kappa shape index (κ3) is 9.15. The molecule has 2 N–H and O–H groups in total. The third-order valence-electron chi connectivity index (χ3n) is 3.96. The molecule has 0 aromatic heterocycles. The van der Waals surface area contributed by atoms with Crippen molar-refractivity contribution in [2.45, 2.75) is 39.2 Å². The van der Waals surface area contributed by atoms with Crippen molar-refractivity contribution >= 4 is 29.9 Å². The van der Waals surface area contributed by atoms with Crippen LogP contribution in [0.5, 0.6) is 0 Å². The van der Waals surface area contributed by atoms with Crippen LogP contribution in [0.3, 0.4) is 0 Å². The first-order valence-electron chi connectivity index (χ1n) is 8.19. The molecule has 0 radical (unpaired) electrons. The Morgan fingerprint density at radius 3 is 2.35 bits per heavy atom. The van der Waals surface area contributed by atoms with Gasteiger partial charge in [0.2, 0.25) is 0 Å². The smallest absolute Gasteiger partial charge is 0.191 e. The first-order chi connectivity index (χ1) is 10.5. The number of nitrogens with one attached hydrogen (secondary N) is 2. The van der Waals surface area contributed by atoms with Gasteiger partial charge in [0, 0.05) is 18.6 Å². The maximum Gasteiger partial charge on any atom is 0.191 e. The number of likely N-dealkylation sites (N-methyl/N-ethyl adjacent to an activating group) is 1. The summed E-state index contributed by atoms with van der Waals surface area (Å²) in [6.07, 6.45) is 2.20. The van der Waals surface area contributed by atoms with Gasteiger partial charge in [-0.2, -0.15) is 0 Å². The van der Waals surface area contributed by atoms with Crippen LogP contribution in [0.25, 0.3) is 0 Å². The first-order valence-corrected chi connectivity index (χ1v) is 8.19. The van der Waals surface area contributed by atoms with Gasteiger partial charge in [-0.25, -0.2) is 0 Å². The zero-order chi connectivity index (χ0) is 16.4. The molecule has 0 saturated carbocycles. The highest BCUT2D eigenvalue weighted by atomic mass is 127. The topological polar surface area (TPSA) is 39.7 Å². The number of rotatable bonds is 8. The van der Waals surface area contributed by atoms with Gasteiger partial charge in [-0.1, -0.05) is 30.3 Å². The van der Waals surface area contributed by atoms with Crippen molar-refractivity contribution in [1.29, 1.82) is 0 Å². The van der Waals surface area contributed by atoms with Crippen LogP contribution in [0, 0.1) is 0 Å². The van der Waals surface area contributed by atoms with E-state index in [-0.39, 0.29) is 29.5 Å². The van der Waals surface area contributed by atoms with Crippen LogP contribution >= 0.6 is 24.0 Å². The molecule has 0 aliphatic carbocycles. The van der Waals surface area contributed by atoms with Gasteiger partial charge in [0.1, 0.15) is 0 Å². The van der Waals surface area contributed by atoms with E-state index in [1.54, 1.807) is 0 Å². The minimum Gasteiger partial charge on any atom is -0.357 e. The van der Waals surface area contributed by atoms with Crippen LogP contribution in [0.2, 0.25) is 0 Å². The fraction of sp³-hybridized carbons (Fsp3) is 0.611. The number of aliphatic imine (C=N–C) groups is 1. The largest absolute Gasteiger partial charge is 0.357 e. The van der Waals surface area contributed by atoms with Crippen molar-refractivity contribution in [2.24, 2.45) is 4.99 Å². The molecule has 4 nitrogen and oxygen atoms in total.